The maximum atomic E-state index is 6.15. The molecule has 0 aromatic heterocycles. The number of nitrogens with zero attached hydrogens (tertiary/aromatic N) is 1. The highest BCUT2D eigenvalue weighted by Gasteiger charge is 2.21. The number of rotatable bonds is 7. The first kappa shape index (κ1) is 28.0. The van der Waals surface area contributed by atoms with E-state index in [1.807, 2.05) is 12.2 Å². The van der Waals surface area contributed by atoms with Gasteiger partial charge in [-0.3, -0.25) is 0 Å². The van der Waals surface area contributed by atoms with Gasteiger partial charge in [-0.1, -0.05) is 42.0 Å². The maximum absolute atomic E-state index is 6.15. The van der Waals surface area contributed by atoms with Crippen molar-refractivity contribution in [3.05, 3.63) is 53.1 Å². The second-order valence-corrected chi connectivity index (χ2v) is 8.49. The predicted octanol–water partition coefficient (Wildman–Crippen LogP) is 4.50. The van der Waals surface area contributed by atoms with Crippen molar-refractivity contribution in [1.29, 1.82) is 0 Å². The molecule has 0 saturated carbocycles. The first-order valence-electron chi connectivity index (χ1n) is 10.1. The van der Waals surface area contributed by atoms with Crippen LogP contribution in [0.25, 0.3) is 0 Å². The largest absolute Gasteiger partial charge is 0.383 e. The Balaban J connectivity index is 0.000000527. The van der Waals surface area contributed by atoms with Gasteiger partial charge in [0.2, 0.25) is 0 Å². The highest BCUT2D eigenvalue weighted by Crippen LogP contribution is 2.19. The number of halogens is 2. The van der Waals surface area contributed by atoms with Crippen molar-refractivity contribution in [2.45, 2.75) is 58.1 Å². The molecule has 1 aromatic rings. The van der Waals surface area contributed by atoms with Crippen LogP contribution in [0.2, 0.25) is 0 Å². The van der Waals surface area contributed by atoms with Crippen molar-refractivity contribution >= 4 is 29.7 Å². The van der Waals surface area contributed by atoms with Gasteiger partial charge >= 0.3 is 0 Å². The van der Waals surface area contributed by atoms with E-state index in [2.05, 4.69) is 88.5 Å². The Morgan fingerprint density at radius 2 is 1.72 bits per heavy atom. The average Bonchev–Trinajstić information content (AvgIpc) is 2.64. The highest BCUT2D eigenvalue weighted by molar-refractivity contribution is 6.22. The molecule has 0 fully saturated rings. The highest BCUT2D eigenvalue weighted by atomic mass is 35.5. The number of hydrogen-bond acceptors (Lipinski definition) is 4. The molecule has 1 aliphatic rings. The quantitative estimate of drug-likeness (QED) is 0.543. The summed E-state index contributed by atoms with van der Waals surface area (Å²) in [5.41, 5.74) is 10.7. The van der Waals surface area contributed by atoms with Crippen molar-refractivity contribution in [2.75, 3.05) is 32.5 Å². The molecule has 2 rings (SSSR count). The summed E-state index contributed by atoms with van der Waals surface area (Å²) in [6.07, 6.45) is 6.08. The summed E-state index contributed by atoms with van der Waals surface area (Å²) in [5, 5.41) is 6.95. The van der Waals surface area contributed by atoms with Gasteiger partial charge in [-0.2, -0.15) is 0 Å². The molecule has 0 aliphatic heterocycles. The number of aryl methyl sites for hydroxylation is 2. The van der Waals surface area contributed by atoms with Crippen molar-refractivity contribution in [2.24, 2.45) is 5.73 Å². The number of nitrogens with two attached hydrogens (primary N) is 1. The van der Waals surface area contributed by atoms with Crippen LogP contribution in [0.15, 0.2) is 42.0 Å². The van der Waals surface area contributed by atoms with E-state index in [0.29, 0.717) is 18.6 Å². The first-order valence-corrected chi connectivity index (χ1v) is 10.5. The monoisotopic (exact) mass is 442 g/mol. The van der Waals surface area contributed by atoms with Crippen LogP contribution in [0.1, 0.15) is 31.9 Å². The molecule has 4 atom stereocenters. The van der Waals surface area contributed by atoms with Crippen molar-refractivity contribution in [3.63, 3.8) is 0 Å². The minimum atomic E-state index is 0. The van der Waals surface area contributed by atoms with Gasteiger partial charge in [0.1, 0.15) is 0 Å². The SMILES string of the molecule is CC1=CC=CC(Cl)C1NC(C)CN.Cc1cccc(C)c1NCC(C)N(C)C.Cl. The topological polar surface area (TPSA) is 53.3 Å². The summed E-state index contributed by atoms with van der Waals surface area (Å²) in [5.74, 6) is 0. The van der Waals surface area contributed by atoms with Crippen molar-refractivity contribution in [1.82, 2.24) is 10.2 Å². The van der Waals surface area contributed by atoms with Gasteiger partial charge in [-0.25, -0.2) is 0 Å². The molecule has 166 valence electrons. The summed E-state index contributed by atoms with van der Waals surface area (Å²) < 4.78 is 0. The predicted molar refractivity (Wildman–Crippen MR) is 133 cm³/mol. The number of likely N-dealkylation sites (N-methyl/N-ethyl adjacent to an activating group) is 1. The van der Waals surface area contributed by atoms with E-state index in [1.165, 1.54) is 22.4 Å². The van der Waals surface area contributed by atoms with Gasteiger partial charge in [0.25, 0.3) is 0 Å². The summed E-state index contributed by atoms with van der Waals surface area (Å²) in [6.45, 7) is 12.3. The summed E-state index contributed by atoms with van der Waals surface area (Å²) >= 11 is 6.15. The number of anilines is 1. The first-order chi connectivity index (χ1) is 13.2. The minimum Gasteiger partial charge on any atom is -0.383 e. The Morgan fingerprint density at radius 1 is 1.14 bits per heavy atom. The van der Waals surface area contributed by atoms with Gasteiger partial charge in [-0.05, 0) is 59.8 Å². The van der Waals surface area contributed by atoms with E-state index in [-0.39, 0.29) is 23.8 Å². The van der Waals surface area contributed by atoms with Crippen LogP contribution in [0, 0.1) is 13.8 Å². The lowest BCUT2D eigenvalue weighted by molar-refractivity contribution is 0.326. The Morgan fingerprint density at radius 3 is 2.21 bits per heavy atom. The molecule has 1 aromatic carbocycles. The molecule has 4 nitrogen and oxygen atoms in total. The summed E-state index contributed by atoms with van der Waals surface area (Å²) in [7, 11) is 4.22. The van der Waals surface area contributed by atoms with Gasteiger partial charge in [0.05, 0.1) is 5.38 Å². The number of para-hydroxylation sites is 1. The van der Waals surface area contributed by atoms with E-state index in [1.54, 1.807) is 0 Å². The third kappa shape index (κ3) is 9.54. The van der Waals surface area contributed by atoms with Crippen LogP contribution < -0.4 is 16.4 Å². The molecule has 0 spiro atoms. The Kier molecular flexibility index (Phi) is 13.5. The molecule has 0 amide bonds. The molecule has 0 saturated heterocycles. The number of alkyl halides is 1. The zero-order valence-corrected chi connectivity index (χ0v) is 20.6. The summed E-state index contributed by atoms with van der Waals surface area (Å²) in [6, 6.07) is 7.48. The molecular formula is C23H40Cl2N4. The van der Waals surface area contributed by atoms with E-state index in [0.717, 1.165) is 6.54 Å². The lowest BCUT2D eigenvalue weighted by Gasteiger charge is -2.27. The summed E-state index contributed by atoms with van der Waals surface area (Å²) in [4.78, 5) is 2.22. The lowest BCUT2D eigenvalue weighted by Crippen LogP contribution is -2.46. The molecule has 4 unspecified atom stereocenters. The number of allylic oxidation sites excluding steroid dienone is 2. The molecule has 0 bridgehead atoms. The van der Waals surface area contributed by atoms with Crippen LogP contribution in [0.5, 0.6) is 0 Å². The molecule has 29 heavy (non-hydrogen) atoms. The molecular weight excluding hydrogens is 403 g/mol. The molecule has 0 radical (unpaired) electrons. The third-order valence-electron chi connectivity index (χ3n) is 5.22. The minimum absolute atomic E-state index is 0. The van der Waals surface area contributed by atoms with E-state index in [9.17, 15) is 0 Å². The zero-order valence-electron chi connectivity index (χ0n) is 19.0. The molecule has 1 aliphatic carbocycles. The van der Waals surface area contributed by atoms with Gasteiger partial charge in [0.15, 0.2) is 0 Å². The van der Waals surface area contributed by atoms with Crippen LogP contribution in [0.3, 0.4) is 0 Å². The maximum Gasteiger partial charge on any atom is 0.0710 e. The fourth-order valence-electron chi connectivity index (χ4n) is 2.90. The third-order valence-corrected chi connectivity index (χ3v) is 5.62. The Labute approximate surface area is 189 Å². The molecule has 0 heterocycles. The fourth-order valence-corrected chi connectivity index (χ4v) is 3.26. The van der Waals surface area contributed by atoms with Crippen LogP contribution in [0.4, 0.5) is 5.69 Å². The lowest BCUT2D eigenvalue weighted by atomic mass is 9.99. The zero-order chi connectivity index (χ0) is 21.3. The van der Waals surface area contributed by atoms with Crippen LogP contribution in [-0.2, 0) is 0 Å². The Hall–Kier alpha value is -1.04. The van der Waals surface area contributed by atoms with E-state index < -0.39 is 0 Å². The number of nitrogens with one attached hydrogen (secondary N) is 2. The van der Waals surface area contributed by atoms with Crippen molar-refractivity contribution < 1.29 is 0 Å². The van der Waals surface area contributed by atoms with Crippen molar-refractivity contribution in [3.8, 4) is 0 Å². The second kappa shape index (κ2) is 14.1. The van der Waals surface area contributed by atoms with Crippen LogP contribution >= 0.6 is 24.0 Å². The van der Waals surface area contributed by atoms with E-state index in [4.69, 9.17) is 17.3 Å². The second-order valence-electron chi connectivity index (χ2n) is 7.98. The normalized spacial score (nSPS) is 20.1. The van der Waals surface area contributed by atoms with Gasteiger partial charge < -0.3 is 21.3 Å². The van der Waals surface area contributed by atoms with E-state index >= 15 is 0 Å². The average molecular weight is 444 g/mol. The molecule has 6 heteroatoms. The standard InChI is InChI=1S/C13H22N2.C10H17ClN2.ClH/c1-10-7-6-8-11(2)13(10)14-9-12(3)15(4)5;1-7-4-3-5-9(11)10(7)13-8(2)6-12;/h6-8,12,14H,9H2,1-5H3;3-5,8-10,13H,6,12H2,1-2H3;1H. The molecule has 4 N–H and O–H groups in total. The van der Waals surface area contributed by atoms with Gasteiger partial charge in [0, 0.05) is 36.9 Å². The Bertz CT molecular complexity index is 638. The fraction of sp³-hybridized carbons (Fsp3) is 0.565. The number of hydrogen-bond donors (Lipinski definition) is 3. The smallest absolute Gasteiger partial charge is 0.0710 e. The van der Waals surface area contributed by atoms with Gasteiger partial charge in [-0.15, -0.1) is 24.0 Å². The number of benzene rings is 1. The van der Waals surface area contributed by atoms with Crippen LogP contribution in [-0.4, -0.2) is 55.6 Å².